The largest absolute Gasteiger partial charge is 0.477 e. The third-order valence-corrected chi connectivity index (χ3v) is 6.88. The normalized spacial score (nSPS) is 21.8. The predicted molar refractivity (Wildman–Crippen MR) is 124 cm³/mol. The average Bonchev–Trinajstić information content (AvgIpc) is 3.25. The molecule has 0 amide bonds. The summed E-state index contributed by atoms with van der Waals surface area (Å²) in [6.45, 7) is 4.35. The fourth-order valence-corrected chi connectivity index (χ4v) is 5.01. The van der Waals surface area contributed by atoms with Crippen LogP contribution in [0, 0.1) is 5.92 Å². The van der Waals surface area contributed by atoms with Gasteiger partial charge in [0, 0.05) is 44.2 Å². The summed E-state index contributed by atoms with van der Waals surface area (Å²) in [5.74, 6) is 1.87. The number of para-hydroxylation sites is 1. The van der Waals surface area contributed by atoms with Crippen molar-refractivity contribution >= 4 is 26.9 Å². The summed E-state index contributed by atoms with van der Waals surface area (Å²) in [6, 6.07) is 13.8. The lowest BCUT2D eigenvalue weighted by molar-refractivity contribution is 0.0716. The lowest BCUT2D eigenvalue weighted by Crippen LogP contribution is -2.57. The first-order chi connectivity index (χ1) is 15.9. The Morgan fingerprint density at radius 2 is 1.97 bits per heavy atom. The molecule has 0 radical (unpaired) electrons. The first kappa shape index (κ1) is 22.1. The van der Waals surface area contributed by atoms with E-state index in [1.807, 2.05) is 18.2 Å². The third-order valence-electron chi connectivity index (χ3n) is 6.33. The number of aromatic nitrogens is 2. The van der Waals surface area contributed by atoms with Gasteiger partial charge in [0.1, 0.15) is 6.61 Å². The molecule has 0 aliphatic carbocycles. The summed E-state index contributed by atoms with van der Waals surface area (Å²) in [7, 11) is -3.50. The molecule has 10 heteroatoms. The maximum Gasteiger partial charge on any atom is 0.264 e. The molecule has 1 aromatic carbocycles. The van der Waals surface area contributed by atoms with Gasteiger partial charge in [0.15, 0.2) is 11.4 Å². The van der Waals surface area contributed by atoms with Gasteiger partial charge in [-0.15, -0.1) is 0 Å². The average molecular weight is 473 g/mol. The van der Waals surface area contributed by atoms with Crippen LogP contribution in [0.5, 0.6) is 5.88 Å². The zero-order valence-corrected chi connectivity index (χ0v) is 19.4. The number of fused-ring (bicyclic) bond motifs is 2. The second-order valence-electron chi connectivity index (χ2n) is 8.78. The monoisotopic (exact) mass is 472 g/mol. The van der Waals surface area contributed by atoms with Crippen LogP contribution in [0.15, 0.2) is 47.0 Å². The van der Waals surface area contributed by atoms with Gasteiger partial charge in [0.05, 0.1) is 23.9 Å². The molecule has 0 spiro atoms. The minimum Gasteiger partial charge on any atom is -0.477 e. The van der Waals surface area contributed by atoms with E-state index in [1.165, 1.54) is 0 Å². The minimum absolute atomic E-state index is 0.0910. The molecule has 176 valence electrons. The number of nitrogens with zero attached hydrogens (tertiary/aromatic N) is 4. The van der Waals surface area contributed by atoms with Crippen LogP contribution in [0.3, 0.4) is 0 Å². The molecule has 2 aromatic heterocycles. The van der Waals surface area contributed by atoms with E-state index < -0.39 is 10.1 Å². The molecule has 33 heavy (non-hydrogen) atoms. The predicted octanol–water partition coefficient (Wildman–Crippen LogP) is 2.68. The first-order valence-electron chi connectivity index (χ1n) is 11.2. The number of hydrogen-bond acceptors (Lipinski definition) is 9. The van der Waals surface area contributed by atoms with Crippen molar-refractivity contribution in [3.8, 4) is 5.88 Å². The summed E-state index contributed by atoms with van der Waals surface area (Å²) in [5.41, 5.74) is 1.36. The van der Waals surface area contributed by atoms with E-state index in [-0.39, 0.29) is 6.61 Å². The van der Waals surface area contributed by atoms with Crippen LogP contribution in [0.1, 0.15) is 18.5 Å². The Morgan fingerprint density at radius 3 is 2.85 bits per heavy atom. The molecule has 5 rings (SSSR count). The van der Waals surface area contributed by atoms with Gasteiger partial charge in [-0.05, 0) is 31.0 Å². The number of piperidine rings is 1. The Morgan fingerprint density at radius 1 is 1.09 bits per heavy atom. The molecule has 2 aliphatic rings. The minimum atomic E-state index is -3.50. The molecule has 3 aromatic rings. The Kier molecular flexibility index (Phi) is 6.22. The Balaban J connectivity index is 1.14. The first-order valence-corrected chi connectivity index (χ1v) is 13.0. The van der Waals surface area contributed by atoms with Gasteiger partial charge >= 0.3 is 0 Å². The van der Waals surface area contributed by atoms with E-state index in [0.717, 1.165) is 62.1 Å². The van der Waals surface area contributed by atoms with E-state index in [4.69, 9.17) is 13.4 Å². The number of anilines is 1. The second-order valence-corrected chi connectivity index (χ2v) is 10.4. The van der Waals surface area contributed by atoms with Crippen LogP contribution < -0.4 is 9.64 Å². The number of ether oxygens (including phenoxy) is 1. The van der Waals surface area contributed by atoms with Gasteiger partial charge in [-0.3, -0.25) is 9.08 Å². The lowest BCUT2D eigenvalue weighted by Gasteiger charge is -2.46. The second kappa shape index (κ2) is 9.28. The zero-order chi connectivity index (χ0) is 22.8. The highest BCUT2D eigenvalue weighted by Gasteiger charge is 2.34. The van der Waals surface area contributed by atoms with Crippen molar-refractivity contribution in [1.82, 2.24) is 15.0 Å². The van der Waals surface area contributed by atoms with Crippen molar-refractivity contribution in [2.75, 3.05) is 43.9 Å². The Labute approximate surface area is 193 Å². The van der Waals surface area contributed by atoms with Gasteiger partial charge in [-0.2, -0.15) is 8.42 Å². The molecule has 2 atom stereocenters. The summed E-state index contributed by atoms with van der Waals surface area (Å²) in [4.78, 5) is 9.26. The maximum absolute atomic E-state index is 11.2. The molecular formula is C23H28N4O5S. The standard InChI is InChI=1S/C23H28N4O5S/c1-33(28,29)31-16-18-5-4-8-22(24-18)30-15-17-9-10-19-14-27(12-11-26(19)13-17)23-20-6-2-3-7-21(20)32-25-23/h2-8,17,19H,9-16H2,1H3/t17-,19-/m0/s1. The number of pyridine rings is 1. The number of piperazine rings is 1. The van der Waals surface area contributed by atoms with Crippen LogP contribution in [0.4, 0.5) is 5.82 Å². The van der Waals surface area contributed by atoms with E-state index in [9.17, 15) is 8.42 Å². The maximum atomic E-state index is 11.2. The quantitative estimate of drug-likeness (QED) is 0.481. The summed E-state index contributed by atoms with van der Waals surface area (Å²) < 4.78 is 38.6. The van der Waals surface area contributed by atoms with Crippen molar-refractivity contribution in [3.05, 3.63) is 48.2 Å². The van der Waals surface area contributed by atoms with Crippen molar-refractivity contribution in [2.24, 2.45) is 5.92 Å². The number of rotatable bonds is 7. The van der Waals surface area contributed by atoms with E-state index in [2.05, 4.69) is 26.0 Å². The third kappa shape index (κ3) is 5.29. The van der Waals surface area contributed by atoms with Crippen LogP contribution >= 0.6 is 0 Å². The van der Waals surface area contributed by atoms with Gasteiger partial charge in [0.25, 0.3) is 10.1 Å². The number of benzene rings is 1. The van der Waals surface area contributed by atoms with Crippen molar-refractivity contribution in [2.45, 2.75) is 25.5 Å². The smallest absolute Gasteiger partial charge is 0.264 e. The molecule has 0 bridgehead atoms. The molecule has 4 heterocycles. The fourth-order valence-electron chi connectivity index (χ4n) is 4.68. The van der Waals surface area contributed by atoms with Gasteiger partial charge in [0.2, 0.25) is 5.88 Å². The zero-order valence-electron chi connectivity index (χ0n) is 18.6. The van der Waals surface area contributed by atoms with Crippen LogP contribution in [0.2, 0.25) is 0 Å². The molecule has 0 unspecified atom stereocenters. The Bertz CT molecular complexity index is 1210. The van der Waals surface area contributed by atoms with Crippen LogP contribution in [-0.2, 0) is 20.9 Å². The van der Waals surface area contributed by atoms with Crippen LogP contribution in [0.25, 0.3) is 11.0 Å². The molecule has 2 fully saturated rings. The summed E-state index contributed by atoms with van der Waals surface area (Å²) in [6.07, 6.45) is 3.22. The molecule has 2 saturated heterocycles. The van der Waals surface area contributed by atoms with E-state index in [0.29, 0.717) is 30.1 Å². The van der Waals surface area contributed by atoms with Gasteiger partial charge < -0.3 is 14.2 Å². The molecule has 0 N–H and O–H groups in total. The van der Waals surface area contributed by atoms with Crippen LogP contribution in [-0.4, -0.2) is 68.5 Å². The van der Waals surface area contributed by atoms with Crippen molar-refractivity contribution < 1.29 is 21.9 Å². The molecule has 2 aliphatic heterocycles. The van der Waals surface area contributed by atoms with Gasteiger partial charge in [-0.1, -0.05) is 23.4 Å². The Hall–Kier alpha value is -2.69. The lowest BCUT2D eigenvalue weighted by atomic mass is 9.91. The van der Waals surface area contributed by atoms with Gasteiger partial charge in [-0.25, -0.2) is 4.98 Å². The highest BCUT2D eigenvalue weighted by Crippen LogP contribution is 2.31. The topological polar surface area (TPSA) is 98.0 Å². The fraction of sp³-hybridized carbons (Fsp3) is 0.478. The highest BCUT2D eigenvalue weighted by atomic mass is 32.2. The SMILES string of the molecule is CS(=O)(=O)OCc1cccc(OC[C@H]2CC[C@H]3CN(c4noc5ccccc45)CCN3C2)n1. The molecular weight excluding hydrogens is 444 g/mol. The molecule has 9 nitrogen and oxygen atoms in total. The van der Waals surface area contributed by atoms with E-state index in [1.54, 1.807) is 18.2 Å². The highest BCUT2D eigenvalue weighted by molar-refractivity contribution is 7.85. The number of hydrogen-bond donors (Lipinski definition) is 0. The summed E-state index contributed by atoms with van der Waals surface area (Å²) >= 11 is 0. The van der Waals surface area contributed by atoms with E-state index >= 15 is 0 Å². The van der Waals surface area contributed by atoms with Crippen molar-refractivity contribution in [1.29, 1.82) is 0 Å². The summed E-state index contributed by atoms with van der Waals surface area (Å²) in [5, 5.41) is 5.41. The van der Waals surface area contributed by atoms with Crippen molar-refractivity contribution in [3.63, 3.8) is 0 Å². The molecule has 0 saturated carbocycles.